The molecular weight excluding hydrogens is 304 g/mol. The van der Waals surface area contributed by atoms with Gasteiger partial charge in [0.1, 0.15) is 0 Å². The molecular formula is C19H26N2O3. The van der Waals surface area contributed by atoms with E-state index < -0.39 is 5.97 Å². The third kappa shape index (κ3) is 8.17. The summed E-state index contributed by atoms with van der Waals surface area (Å²) >= 11 is 0. The molecule has 5 nitrogen and oxygen atoms in total. The third-order valence-corrected chi connectivity index (χ3v) is 3.33. The summed E-state index contributed by atoms with van der Waals surface area (Å²) in [4.78, 5) is 22.3. The summed E-state index contributed by atoms with van der Waals surface area (Å²) in [7, 11) is 0. The van der Waals surface area contributed by atoms with Gasteiger partial charge in [0.15, 0.2) is 0 Å². The number of nitrogens with one attached hydrogen (secondary N) is 2. The number of anilines is 1. The van der Waals surface area contributed by atoms with Crippen molar-refractivity contribution in [2.24, 2.45) is 0 Å². The van der Waals surface area contributed by atoms with Crippen molar-refractivity contribution in [1.29, 1.82) is 0 Å². The second kappa shape index (κ2) is 11.0. The van der Waals surface area contributed by atoms with E-state index in [1.807, 2.05) is 18.2 Å². The second-order valence-corrected chi connectivity index (χ2v) is 5.53. The molecule has 1 amide bonds. The van der Waals surface area contributed by atoms with E-state index in [9.17, 15) is 9.59 Å². The molecule has 0 unspecified atom stereocenters. The zero-order valence-corrected chi connectivity index (χ0v) is 14.2. The van der Waals surface area contributed by atoms with Gasteiger partial charge in [-0.25, -0.2) is 0 Å². The lowest BCUT2D eigenvalue weighted by molar-refractivity contribution is -0.137. The smallest absolute Gasteiger partial charge is 0.303 e. The fourth-order valence-electron chi connectivity index (χ4n) is 1.97. The molecule has 5 heteroatoms. The van der Waals surface area contributed by atoms with Gasteiger partial charge in [-0.15, -0.1) is 0 Å². The van der Waals surface area contributed by atoms with Crippen LogP contribution in [0.1, 0.15) is 43.0 Å². The molecule has 0 aliphatic rings. The molecule has 130 valence electrons. The number of benzene rings is 1. The predicted molar refractivity (Wildman–Crippen MR) is 97.3 cm³/mol. The number of aliphatic carboxylic acids is 1. The van der Waals surface area contributed by atoms with Crippen molar-refractivity contribution >= 4 is 17.6 Å². The van der Waals surface area contributed by atoms with Gasteiger partial charge in [0.2, 0.25) is 0 Å². The topological polar surface area (TPSA) is 78.4 Å². The molecule has 24 heavy (non-hydrogen) atoms. The second-order valence-electron chi connectivity index (χ2n) is 5.53. The maximum atomic E-state index is 11.9. The highest BCUT2D eigenvalue weighted by atomic mass is 16.4. The fourth-order valence-corrected chi connectivity index (χ4v) is 1.97. The van der Waals surface area contributed by atoms with E-state index >= 15 is 0 Å². The van der Waals surface area contributed by atoms with Gasteiger partial charge in [0.25, 0.3) is 5.91 Å². The molecule has 0 bridgehead atoms. The number of hydrogen-bond acceptors (Lipinski definition) is 3. The minimum atomic E-state index is -0.856. The van der Waals surface area contributed by atoms with E-state index in [1.54, 1.807) is 12.1 Å². The van der Waals surface area contributed by atoms with Gasteiger partial charge in [-0.2, -0.15) is 0 Å². The molecule has 1 rings (SSSR count). The van der Waals surface area contributed by atoms with Crippen molar-refractivity contribution < 1.29 is 14.7 Å². The van der Waals surface area contributed by atoms with E-state index in [1.165, 1.54) is 0 Å². The number of carbonyl (C=O) groups is 2. The van der Waals surface area contributed by atoms with Crippen LogP contribution in [0.25, 0.3) is 0 Å². The Morgan fingerprint density at radius 1 is 1.25 bits per heavy atom. The summed E-state index contributed by atoms with van der Waals surface area (Å²) in [5, 5.41) is 14.5. The predicted octanol–water partition coefficient (Wildman–Crippen LogP) is 3.61. The number of carboxylic acid groups (broad SMARTS) is 1. The number of carbonyl (C=O) groups excluding carboxylic acids is 1. The Morgan fingerprint density at radius 2 is 1.96 bits per heavy atom. The summed E-state index contributed by atoms with van der Waals surface area (Å²) in [5.74, 6) is -1.05. The maximum Gasteiger partial charge on any atom is 0.303 e. The third-order valence-electron chi connectivity index (χ3n) is 3.33. The van der Waals surface area contributed by atoms with Crippen LogP contribution in [-0.4, -0.2) is 30.1 Å². The van der Waals surface area contributed by atoms with Crippen LogP contribution in [0.4, 0.5) is 5.69 Å². The Morgan fingerprint density at radius 3 is 2.58 bits per heavy atom. The van der Waals surface area contributed by atoms with Gasteiger partial charge in [0, 0.05) is 30.8 Å². The first kappa shape index (κ1) is 19.5. The highest BCUT2D eigenvalue weighted by Gasteiger charge is 2.05. The van der Waals surface area contributed by atoms with Crippen LogP contribution in [-0.2, 0) is 4.79 Å². The first-order chi connectivity index (χ1) is 11.5. The summed E-state index contributed by atoms with van der Waals surface area (Å²) in [6, 6.07) is 7.17. The molecule has 0 aliphatic heterocycles. The highest BCUT2D eigenvalue weighted by Crippen LogP contribution is 2.10. The van der Waals surface area contributed by atoms with Crippen LogP contribution in [0, 0.1) is 0 Å². The van der Waals surface area contributed by atoms with Gasteiger partial charge in [-0.1, -0.05) is 32.1 Å². The SMILES string of the molecule is C=C(/C=C/CCC)CNc1ccc(C(=O)NCCCC(=O)O)cc1. The van der Waals surface area contributed by atoms with Gasteiger partial charge < -0.3 is 15.7 Å². The van der Waals surface area contributed by atoms with E-state index in [2.05, 4.69) is 30.2 Å². The number of rotatable bonds is 11. The minimum absolute atomic E-state index is 0.0553. The number of unbranched alkanes of at least 4 members (excludes halogenated alkanes) is 1. The zero-order valence-electron chi connectivity index (χ0n) is 14.2. The molecule has 0 spiro atoms. The Balaban J connectivity index is 2.38. The van der Waals surface area contributed by atoms with Crippen LogP contribution >= 0.6 is 0 Å². The molecule has 3 N–H and O–H groups in total. The van der Waals surface area contributed by atoms with Gasteiger partial charge in [-0.3, -0.25) is 9.59 Å². The first-order valence-corrected chi connectivity index (χ1v) is 8.21. The Hall–Kier alpha value is -2.56. The molecule has 0 saturated heterocycles. The van der Waals surface area contributed by atoms with E-state index in [0.29, 0.717) is 25.1 Å². The molecule has 1 aromatic carbocycles. The number of hydrogen-bond donors (Lipinski definition) is 3. The summed E-state index contributed by atoms with van der Waals surface area (Å²) in [6.07, 6.45) is 6.79. The molecule has 0 heterocycles. The molecule has 0 aliphatic carbocycles. The van der Waals surface area contributed by atoms with E-state index in [4.69, 9.17) is 5.11 Å². The van der Waals surface area contributed by atoms with Crippen LogP contribution in [0.3, 0.4) is 0 Å². The maximum absolute atomic E-state index is 11.9. The van der Waals surface area contributed by atoms with Crippen molar-refractivity contribution in [3.05, 3.63) is 54.1 Å². The fraction of sp³-hybridized carbons (Fsp3) is 0.368. The quantitative estimate of drug-likeness (QED) is 0.428. The molecule has 1 aromatic rings. The van der Waals surface area contributed by atoms with Crippen LogP contribution < -0.4 is 10.6 Å². The average molecular weight is 330 g/mol. The lowest BCUT2D eigenvalue weighted by atomic mass is 10.1. The van der Waals surface area contributed by atoms with Gasteiger partial charge in [-0.05, 0) is 42.7 Å². The van der Waals surface area contributed by atoms with Crippen LogP contribution in [0.5, 0.6) is 0 Å². The molecule has 0 atom stereocenters. The summed E-state index contributed by atoms with van der Waals surface area (Å²) in [6.45, 7) is 7.13. The molecule has 0 aromatic heterocycles. The standard InChI is InChI=1S/C19H26N2O3/c1-3-4-5-7-15(2)14-21-17-11-9-16(10-12-17)19(24)20-13-6-8-18(22)23/h5,7,9-12,21H,2-4,6,8,13-14H2,1H3,(H,20,24)(H,22,23)/b7-5+. The highest BCUT2D eigenvalue weighted by molar-refractivity contribution is 5.94. The van der Waals surface area contributed by atoms with Crippen molar-refractivity contribution in [3.8, 4) is 0 Å². The lowest BCUT2D eigenvalue weighted by Gasteiger charge is -2.08. The lowest BCUT2D eigenvalue weighted by Crippen LogP contribution is -2.24. The Bertz CT molecular complexity index is 577. The van der Waals surface area contributed by atoms with Crippen LogP contribution in [0.15, 0.2) is 48.6 Å². The van der Waals surface area contributed by atoms with Crippen LogP contribution in [0.2, 0.25) is 0 Å². The van der Waals surface area contributed by atoms with Gasteiger partial charge in [0.05, 0.1) is 0 Å². The average Bonchev–Trinajstić information content (AvgIpc) is 2.57. The van der Waals surface area contributed by atoms with Crippen molar-refractivity contribution in [3.63, 3.8) is 0 Å². The first-order valence-electron chi connectivity index (χ1n) is 8.21. The Labute approximate surface area is 143 Å². The molecule has 0 radical (unpaired) electrons. The van der Waals surface area contributed by atoms with E-state index in [-0.39, 0.29) is 12.3 Å². The van der Waals surface area contributed by atoms with Crippen molar-refractivity contribution in [1.82, 2.24) is 5.32 Å². The minimum Gasteiger partial charge on any atom is -0.481 e. The zero-order chi connectivity index (χ0) is 17.8. The van der Waals surface area contributed by atoms with E-state index in [0.717, 1.165) is 24.1 Å². The Kier molecular flexibility index (Phi) is 8.97. The molecule has 0 saturated carbocycles. The normalized spacial score (nSPS) is 10.5. The largest absolute Gasteiger partial charge is 0.481 e. The van der Waals surface area contributed by atoms with Crippen molar-refractivity contribution in [2.45, 2.75) is 32.6 Å². The molecule has 0 fully saturated rings. The summed E-state index contributed by atoms with van der Waals surface area (Å²) < 4.78 is 0. The number of amides is 1. The van der Waals surface area contributed by atoms with Crippen molar-refractivity contribution in [2.75, 3.05) is 18.4 Å². The monoisotopic (exact) mass is 330 g/mol. The van der Waals surface area contributed by atoms with Gasteiger partial charge >= 0.3 is 5.97 Å². The number of carboxylic acids is 1. The number of allylic oxidation sites excluding steroid dienone is 1. The summed E-state index contributed by atoms with van der Waals surface area (Å²) in [5.41, 5.74) is 2.48.